The van der Waals surface area contributed by atoms with Crippen molar-refractivity contribution in [2.45, 2.75) is 23.9 Å². The van der Waals surface area contributed by atoms with Crippen LogP contribution in [0.15, 0.2) is 64.5 Å². The summed E-state index contributed by atoms with van der Waals surface area (Å²) < 4.78 is 3.41. The molecule has 2 heterocycles. The van der Waals surface area contributed by atoms with E-state index in [1.807, 2.05) is 52.9 Å². The first-order valence-electron chi connectivity index (χ1n) is 8.43. The molecule has 2 N–H and O–H groups in total. The van der Waals surface area contributed by atoms with Crippen LogP contribution in [0, 0.1) is 0 Å². The lowest BCUT2D eigenvalue weighted by Gasteiger charge is -2.12. The fourth-order valence-corrected chi connectivity index (χ4v) is 3.74. The van der Waals surface area contributed by atoms with Crippen LogP contribution in [0.3, 0.4) is 0 Å². The standard InChI is InChI=1S/C19H17N5O2S/c1-12(16(20)25)27-19-22-21-18-23(11-13-7-3-2-4-8-13)17(26)14-9-5-6-10-15(14)24(18)19/h2-10,12H,11H2,1H3,(H2,20,25)/t12-/m1/s1. The quantitative estimate of drug-likeness (QED) is 0.536. The van der Waals surface area contributed by atoms with Gasteiger partial charge in [0.05, 0.1) is 22.7 Å². The molecule has 4 aromatic rings. The molecule has 136 valence electrons. The Morgan fingerprint density at radius 1 is 1.11 bits per heavy atom. The van der Waals surface area contributed by atoms with Gasteiger partial charge in [0.2, 0.25) is 11.7 Å². The summed E-state index contributed by atoms with van der Waals surface area (Å²) in [6.45, 7) is 2.10. The lowest BCUT2D eigenvalue weighted by atomic mass is 10.2. The first kappa shape index (κ1) is 17.3. The highest BCUT2D eigenvalue weighted by molar-refractivity contribution is 8.00. The van der Waals surface area contributed by atoms with Crippen molar-refractivity contribution in [1.82, 2.24) is 19.2 Å². The zero-order valence-electron chi connectivity index (χ0n) is 14.6. The van der Waals surface area contributed by atoms with Gasteiger partial charge in [-0.3, -0.25) is 18.6 Å². The SMILES string of the molecule is C[C@@H](Sc1nnc2n(Cc3ccccc3)c(=O)c3ccccc3n12)C(N)=O. The zero-order chi connectivity index (χ0) is 19.0. The summed E-state index contributed by atoms with van der Waals surface area (Å²) in [4.78, 5) is 24.6. The molecule has 0 aliphatic carbocycles. The number of aromatic nitrogens is 4. The maximum Gasteiger partial charge on any atom is 0.263 e. The second-order valence-corrected chi connectivity index (χ2v) is 7.48. The van der Waals surface area contributed by atoms with Crippen molar-refractivity contribution in [1.29, 1.82) is 0 Å². The maximum atomic E-state index is 13.1. The second kappa shape index (κ2) is 6.88. The first-order valence-corrected chi connectivity index (χ1v) is 9.31. The van der Waals surface area contributed by atoms with Crippen molar-refractivity contribution in [3.8, 4) is 0 Å². The summed E-state index contributed by atoms with van der Waals surface area (Å²) in [7, 11) is 0. The molecule has 1 atom stereocenters. The van der Waals surface area contributed by atoms with Crippen molar-refractivity contribution >= 4 is 34.3 Å². The third-order valence-electron chi connectivity index (χ3n) is 4.34. The maximum absolute atomic E-state index is 13.1. The number of primary amides is 1. The molecular weight excluding hydrogens is 362 g/mol. The van der Waals surface area contributed by atoms with E-state index in [0.29, 0.717) is 28.4 Å². The number of nitrogens with two attached hydrogens (primary N) is 1. The van der Waals surface area contributed by atoms with Gasteiger partial charge in [0, 0.05) is 0 Å². The normalized spacial score (nSPS) is 12.5. The third kappa shape index (κ3) is 3.08. The summed E-state index contributed by atoms with van der Waals surface area (Å²) in [6.07, 6.45) is 0. The molecular formula is C19H17N5O2S. The van der Waals surface area contributed by atoms with Gasteiger partial charge in [0.25, 0.3) is 5.56 Å². The number of para-hydroxylation sites is 1. The molecule has 7 nitrogen and oxygen atoms in total. The summed E-state index contributed by atoms with van der Waals surface area (Å²) in [5, 5.41) is 9.08. The summed E-state index contributed by atoms with van der Waals surface area (Å²) in [6, 6.07) is 17.0. The fourth-order valence-electron chi connectivity index (χ4n) is 2.93. The molecule has 0 saturated carbocycles. The molecule has 27 heavy (non-hydrogen) atoms. The molecule has 2 aromatic heterocycles. The molecule has 0 aliphatic rings. The molecule has 0 unspecified atom stereocenters. The van der Waals surface area contributed by atoms with E-state index in [2.05, 4.69) is 10.2 Å². The van der Waals surface area contributed by atoms with E-state index in [1.165, 1.54) is 11.8 Å². The number of nitrogens with zero attached hydrogens (tertiary/aromatic N) is 4. The smallest absolute Gasteiger partial charge is 0.263 e. The van der Waals surface area contributed by atoms with E-state index < -0.39 is 11.2 Å². The zero-order valence-corrected chi connectivity index (χ0v) is 15.4. The van der Waals surface area contributed by atoms with Crippen molar-refractivity contribution in [3.05, 3.63) is 70.5 Å². The van der Waals surface area contributed by atoms with Crippen LogP contribution in [-0.2, 0) is 11.3 Å². The molecule has 8 heteroatoms. The van der Waals surface area contributed by atoms with E-state index in [1.54, 1.807) is 17.6 Å². The van der Waals surface area contributed by atoms with Gasteiger partial charge in [0.15, 0.2) is 5.16 Å². The number of hydrogen-bond acceptors (Lipinski definition) is 5. The third-order valence-corrected chi connectivity index (χ3v) is 5.41. The van der Waals surface area contributed by atoms with Crippen molar-refractivity contribution in [2.75, 3.05) is 0 Å². The molecule has 0 aliphatic heterocycles. The minimum absolute atomic E-state index is 0.131. The van der Waals surface area contributed by atoms with E-state index in [4.69, 9.17) is 5.73 Å². The predicted octanol–water partition coefficient (Wildman–Crippen LogP) is 2.06. The van der Waals surface area contributed by atoms with Crippen LogP contribution >= 0.6 is 11.8 Å². The average Bonchev–Trinajstić information content (AvgIpc) is 3.09. The minimum Gasteiger partial charge on any atom is -0.369 e. The van der Waals surface area contributed by atoms with Crippen LogP contribution in [0.1, 0.15) is 12.5 Å². The van der Waals surface area contributed by atoms with Crippen LogP contribution < -0.4 is 11.3 Å². The predicted molar refractivity (Wildman–Crippen MR) is 105 cm³/mol. The minimum atomic E-state index is -0.467. The van der Waals surface area contributed by atoms with Crippen LogP contribution in [0.4, 0.5) is 0 Å². The highest BCUT2D eigenvalue weighted by atomic mass is 32.2. The van der Waals surface area contributed by atoms with Gasteiger partial charge in [0.1, 0.15) is 0 Å². The van der Waals surface area contributed by atoms with Crippen LogP contribution in [0.2, 0.25) is 0 Å². The first-order chi connectivity index (χ1) is 13.1. The monoisotopic (exact) mass is 379 g/mol. The van der Waals surface area contributed by atoms with Gasteiger partial charge in [-0.15, -0.1) is 10.2 Å². The summed E-state index contributed by atoms with van der Waals surface area (Å²) in [5.74, 6) is 0.000358. The van der Waals surface area contributed by atoms with Crippen LogP contribution in [0.5, 0.6) is 0 Å². The lowest BCUT2D eigenvalue weighted by Crippen LogP contribution is -2.24. The number of benzene rings is 2. The van der Waals surface area contributed by atoms with Crippen molar-refractivity contribution in [2.24, 2.45) is 5.73 Å². The van der Waals surface area contributed by atoms with E-state index in [9.17, 15) is 9.59 Å². The number of amides is 1. The Hall–Kier alpha value is -3.13. The van der Waals surface area contributed by atoms with Gasteiger partial charge >= 0.3 is 0 Å². The molecule has 2 aromatic carbocycles. The Labute approximate surface area is 158 Å². The van der Waals surface area contributed by atoms with E-state index in [0.717, 1.165) is 5.56 Å². The molecule has 0 bridgehead atoms. The Bertz CT molecular complexity index is 1200. The fraction of sp³-hybridized carbons (Fsp3) is 0.158. The van der Waals surface area contributed by atoms with Crippen LogP contribution in [-0.4, -0.2) is 30.3 Å². The Balaban J connectivity index is 1.97. The molecule has 4 rings (SSSR count). The molecule has 0 radical (unpaired) electrons. The number of hydrogen-bond donors (Lipinski definition) is 1. The Morgan fingerprint density at radius 3 is 2.56 bits per heavy atom. The molecule has 1 amide bonds. The summed E-state index contributed by atoms with van der Waals surface area (Å²) in [5.41, 5.74) is 6.95. The van der Waals surface area contributed by atoms with Crippen molar-refractivity contribution in [3.63, 3.8) is 0 Å². The highest BCUT2D eigenvalue weighted by Crippen LogP contribution is 2.25. The summed E-state index contributed by atoms with van der Waals surface area (Å²) >= 11 is 1.22. The number of rotatable bonds is 5. The number of carbonyl (C=O) groups is 1. The van der Waals surface area contributed by atoms with Gasteiger partial charge in [-0.05, 0) is 24.6 Å². The second-order valence-electron chi connectivity index (χ2n) is 6.17. The van der Waals surface area contributed by atoms with E-state index >= 15 is 0 Å². The van der Waals surface area contributed by atoms with E-state index in [-0.39, 0.29) is 5.56 Å². The highest BCUT2D eigenvalue weighted by Gasteiger charge is 2.20. The molecule has 0 saturated heterocycles. The average molecular weight is 379 g/mol. The number of thioether (sulfide) groups is 1. The van der Waals surface area contributed by atoms with Gasteiger partial charge in [-0.2, -0.15) is 0 Å². The van der Waals surface area contributed by atoms with Crippen molar-refractivity contribution < 1.29 is 4.79 Å². The largest absolute Gasteiger partial charge is 0.369 e. The molecule has 0 fully saturated rings. The Morgan fingerprint density at radius 2 is 1.81 bits per heavy atom. The number of carbonyl (C=O) groups excluding carboxylic acids is 1. The van der Waals surface area contributed by atoms with Crippen LogP contribution in [0.25, 0.3) is 16.7 Å². The lowest BCUT2D eigenvalue weighted by molar-refractivity contribution is -0.117. The number of fused-ring (bicyclic) bond motifs is 3. The van der Waals surface area contributed by atoms with Gasteiger partial charge in [-0.1, -0.05) is 54.2 Å². The molecule has 0 spiro atoms. The topological polar surface area (TPSA) is 95.3 Å². The van der Waals surface area contributed by atoms with Gasteiger partial charge < -0.3 is 5.73 Å². The van der Waals surface area contributed by atoms with Gasteiger partial charge in [-0.25, -0.2) is 0 Å². The Kier molecular flexibility index (Phi) is 4.41.